The Balaban J connectivity index is 3.71. The summed E-state index contributed by atoms with van der Waals surface area (Å²) in [6, 6.07) is 0. The van der Waals surface area contributed by atoms with E-state index in [1.54, 1.807) is 0 Å². The van der Waals surface area contributed by atoms with Crippen molar-refractivity contribution in [3.63, 3.8) is 0 Å². The summed E-state index contributed by atoms with van der Waals surface area (Å²) < 4.78 is 0. The molecule has 0 amide bonds. The third kappa shape index (κ3) is 4.22. The second-order valence-electron chi connectivity index (χ2n) is 2.40. The molecule has 0 rings (SSSR count). The number of hydrogen-bond acceptors (Lipinski definition) is 1. The zero-order chi connectivity index (χ0) is 7.28. The molecule has 2 heteroatoms. The summed E-state index contributed by atoms with van der Waals surface area (Å²) in [6.45, 7) is 4.09. The van der Waals surface area contributed by atoms with Gasteiger partial charge in [-0.05, 0) is 12.3 Å². The van der Waals surface area contributed by atoms with Crippen LogP contribution in [-0.2, 0) is 4.79 Å². The van der Waals surface area contributed by atoms with Gasteiger partial charge in [0, 0.05) is 11.1 Å². The first-order valence-electron chi connectivity index (χ1n) is 2.95. The van der Waals surface area contributed by atoms with Crippen molar-refractivity contribution in [1.29, 1.82) is 0 Å². The van der Waals surface area contributed by atoms with Crippen molar-refractivity contribution >= 4 is 17.9 Å². The second kappa shape index (κ2) is 4.57. The van der Waals surface area contributed by atoms with Gasteiger partial charge < -0.3 is 0 Å². The molecule has 0 saturated heterocycles. The van der Waals surface area contributed by atoms with Crippen LogP contribution >= 0.6 is 11.6 Å². The van der Waals surface area contributed by atoms with E-state index >= 15 is 0 Å². The van der Waals surface area contributed by atoms with Gasteiger partial charge in [0.15, 0.2) is 0 Å². The van der Waals surface area contributed by atoms with Gasteiger partial charge in [-0.15, -0.1) is 0 Å². The summed E-state index contributed by atoms with van der Waals surface area (Å²) in [5.41, 5.74) is 2.01. The first kappa shape index (κ1) is 8.70. The van der Waals surface area contributed by atoms with Gasteiger partial charge in [-0.25, -0.2) is 0 Å². The van der Waals surface area contributed by atoms with Crippen molar-refractivity contribution in [1.82, 2.24) is 0 Å². The van der Waals surface area contributed by atoms with Crippen LogP contribution in [0.2, 0.25) is 0 Å². The van der Waals surface area contributed by atoms with E-state index in [-0.39, 0.29) is 0 Å². The molecule has 0 N–H and O–H groups in total. The third-order valence-corrected chi connectivity index (χ3v) is 1.22. The zero-order valence-electron chi connectivity index (χ0n) is 5.73. The molecule has 52 valence electrons. The summed E-state index contributed by atoms with van der Waals surface area (Å²) in [5, 5.41) is 0. The number of hydrogen-bond donors (Lipinski definition) is 0. The van der Waals surface area contributed by atoms with Crippen molar-refractivity contribution in [2.75, 3.05) is 0 Å². The fourth-order valence-corrected chi connectivity index (χ4v) is 0.730. The normalized spacial score (nSPS) is 12.2. The molecule has 0 aliphatic carbocycles. The molecule has 0 aromatic rings. The van der Waals surface area contributed by atoms with Crippen molar-refractivity contribution in [2.45, 2.75) is 20.3 Å². The van der Waals surface area contributed by atoms with E-state index in [0.29, 0.717) is 11.5 Å². The molecule has 0 fully saturated rings. The third-order valence-electron chi connectivity index (χ3n) is 0.935. The molecule has 0 unspecified atom stereocenters. The maximum Gasteiger partial charge on any atom is 0.146 e. The summed E-state index contributed by atoms with van der Waals surface area (Å²) in [4.78, 5) is 10.1. The summed E-state index contributed by atoms with van der Waals surface area (Å²) in [6.07, 6.45) is 1.57. The lowest BCUT2D eigenvalue weighted by Gasteiger charge is -2.00. The average molecular weight is 147 g/mol. The predicted octanol–water partition coefficient (Wildman–Crippen LogP) is 2.35. The van der Waals surface area contributed by atoms with E-state index in [9.17, 15) is 4.79 Å². The molecule has 9 heavy (non-hydrogen) atoms. The van der Waals surface area contributed by atoms with Crippen LogP contribution < -0.4 is 0 Å². The molecule has 1 nitrogen and oxygen atoms in total. The minimum atomic E-state index is 0.500. The lowest BCUT2D eigenvalue weighted by Crippen LogP contribution is -1.91. The largest absolute Gasteiger partial charge is 0.298 e. The van der Waals surface area contributed by atoms with Crippen LogP contribution in [0.25, 0.3) is 0 Å². The molecule has 0 radical (unpaired) electrons. The monoisotopic (exact) mass is 146 g/mol. The Morgan fingerprint density at radius 3 is 2.33 bits per heavy atom. The Kier molecular flexibility index (Phi) is 4.41. The highest BCUT2D eigenvalue weighted by Crippen LogP contribution is 2.08. The van der Waals surface area contributed by atoms with Crippen LogP contribution in [0.5, 0.6) is 0 Å². The van der Waals surface area contributed by atoms with Gasteiger partial charge in [0.25, 0.3) is 0 Å². The maximum absolute atomic E-state index is 10.1. The van der Waals surface area contributed by atoms with Crippen LogP contribution in [0, 0.1) is 5.92 Å². The zero-order valence-corrected chi connectivity index (χ0v) is 6.48. The van der Waals surface area contributed by atoms with Crippen LogP contribution in [0.15, 0.2) is 11.1 Å². The van der Waals surface area contributed by atoms with Crippen LogP contribution in [0.4, 0.5) is 0 Å². The van der Waals surface area contributed by atoms with Crippen LogP contribution in [-0.4, -0.2) is 6.29 Å². The first-order valence-corrected chi connectivity index (χ1v) is 3.38. The van der Waals surface area contributed by atoms with Crippen LogP contribution in [0.1, 0.15) is 20.3 Å². The number of halogens is 1. The van der Waals surface area contributed by atoms with Gasteiger partial charge in [-0.1, -0.05) is 25.4 Å². The molecule has 0 spiro atoms. The maximum atomic E-state index is 10.1. The van der Waals surface area contributed by atoms with Gasteiger partial charge in [-0.2, -0.15) is 0 Å². The molecule has 0 aromatic carbocycles. The van der Waals surface area contributed by atoms with Crippen molar-refractivity contribution < 1.29 is 4.79 Å². The number of aldehydes is 1. The Morgan fingerprint density at radius 1 is 1.67 bits per heavy atom. The van der Waals surface area contributed by atoms with Gasteiger partial charge in [0.2, 0.25) is 0 Å². The minimum absolute atomic E-state index is 0.500. The van der Waals surface area contributed by atoms with E-state index in [1.807, 2.05) is 13.8 Å². The molecule has 0 aliphatic heterocycles. The van der Waals surface area contributed by atoms with Gasteiger partial charge in [0.05, 0.1) is 0 Å². The molecule has 0 saturated carbocycles. The molecule has 0 aromatic heterocycles. The number of allylic oxidation sites excluding steroid dienone is 1. The second-order valence-corrected chi connectivity index (χ2v) is 2.62. The highest BCUT2D eigenvalue weighted by atomic mass is 35.5. The van der Waals surface area contributed by atoms with E-state index < -0.39 is 0 Å². The molecule has 0 heterocycles. The highest BCUT2D eigenvalue weighted by Gasteiger charge is 1.97. The summed E-state index contributed by atoms with van der Waals surface area (Å²) in [5.74, 6) is 0.500. The first-order chi connectivity index (χ1) is 4.20. The van der Waals surface area contributed by atoms with Gasteiger partial charge >= 0.3 is 0 Å². The van der Waals surface area contributed by atoms with Gasteiger partial charge in [-0.3, -0.25) is 4.79 Å². The fourth-order valence-electron chi connectivity index (χ4n) is 0.590. The number of carbonyl (C=O) groups is 1. The van der Waals surface area contributed by atoms with Crippen molar-refractivity contribution in [2.24, 2.45) is 5.92 Å². The molecule has 0 bridgehead atoms. The standard InChI is InChI=1S/C7H11ClO/c1-6(2)3-7(4-8)5-9/h4-6H,3H2,1-2H3/b7-4-. The molecular formula is C7H11ClO. The van der Waals surface area contributed by atoms with E-state index in [2.05, 4.69) is 0 Å². The van der Waals surface area contributed by atoms with E-state index in [1.165, 1.54) is 5.54 Å². The smallest absolute Gasteiger partial charge is 0.146 e. The Hall–Kier alpha value is -0.300. The molecule has 0 aliphatic rings. The van der Waals surface area contributed by atoms with Crippen molar-refractivity contribution in [3.8, 4) is 0 Å². The number of carbonyl (C=O) groups excluding carboxylic acids is 1. The van der Waals surface area contributed by atoms with Gasteiger partial charge in [0.1, 0.15) is 6.29 Å². The average Bonchev–Trinajstić information content (AvgIpc) is 1.82. The SMILES string of the molecule is CC(C)C/C(C=O)=C/Cl. The summed E-state index contributed by atoms with van der Waals surface area (Å²) >= 11 is 5.32. The Bertz CT molecular complexity index is 116. The topological polar surface area (TPSA) is 17.1 Å². The predicted molar refractivity (Wildman–Crippen MR) is 39.5 cm³/mol. The van der Waals surface area contributed by atoms with E-state index in [0.717, 1.165) is 12.7 Å². The minimum Gasteiger partial charge on any atom is -0.298 e. The van der Waals surface area contributed by atoms with Crippen molar-refractivity contribution in [3.05, 3.63) is 11.1 Å². The fraction of sp³-hybridized carbons (Fsp3) is 0.571. The Labute approximate surface area is 60.7 Å². The molecular weight excluding hydrogens is 136 g/mol. The molecule has 0 atom stereocenters. The lowest BCUT2D eigenvalue weighted by atomic mass is 10.1. The Morgan fingerprint density at radius 2 is 2.22 bits per heavy atom. The van der Waals surface area contributed by atoms with Crippen LogP contribution in [0.3, 0.4) is 0 Å². The highest BCUT2D eigenvalue weighted by molar-refractivity contribution is 6.26. The summed E-state index contributed by atoms with van der Waals surface area (Å²) in [7, 11) is 0. The van der Waals surface area contributed by atoms with E-state index in [4.69, 9.17) is 11.6 Å². The lowest BCUT2D eigenvalue weighted by molar-refractivity contribution is -0.105. The quantitative estimate of drug-likeness (QED) is 0.441. The number of rotatable bonds is 3.